The molecule has 0 radical (unpaired) electrons. The van der Waals surface area contributed by atoms with Crippen molar-refractivity contribution in [3.05, 3.63) is 17.7 Å². The number of rotatable bonds is 2. The minimum Gasteiger partial charge on any atom is -0.334 e. The Balaban J connectivity index is 1.98. The molecule has 3 heteroatoms. The third-order valence-corrected chi connectivity index (χ3v) is 3.94. The van der Waals surface area contributed by atoms with Crippen LogP contribution in [0.2, 0.25) is 0 Å². The molecule has 2 heterocycles. The standard InChI is InChI=1S/C12H19N3/c1-2-9-8-15-7-3-4-10(11(15)14-9)12(13)5-6-12/h8,10H,2-7,13H2,1H3. The molecule has 82 valence electrons. The van der Waals surface area contributed by atoms with Gasteiger partial charge in [-0.15, -0.1) is 0 Å². The van der Waals surface area contributed by atoms with Crippen molar-refractivity contribution < 1.29 is 0 Å². The molecule has 1 aliphatic heterocycles. The van der Waals surface area contributed by atoms with Gasteiger partial charge in [0.2, 0.25) is 0 Å². The summed E-state index contributed by atoms with van der Waals surface area (Å²) < 4.78 is 2.33. The largest absolute Gasteiger partial charge is 0.334 e. The van der Waals surface area contributed by atoms with E-state index >= 15 is 0 Å². The van der Waals surface area contributed by atoms with E-state index in [0.717, 1.165) is 13.0 Å². The minimum absolute atomic E-state index is 0.0918. The molecule has 1 aliphatic carbocycles. The van der Waals surface area contributed by atoms with Crippen molar-refractivity contribution >= 4 is 0 Å². The summed E-state index contributed by atoms with van der Waals surface area (Å²) in [5.41, 5.74) is 7.65. The number of nitrogens with two attached hydrogens (primary N) is 1. The van der Waals surface area contributed by atoms with Gasteiger partial charge in [-0.05, 0) is 32.1 Å². The summed E-state index contributed by atoms with van der Waals surface area (Å²) in [5.74, 6) is 1.78. The van der Waals surface area contributed by atoms with Gasteiger partial charge in [0.1, 0.15) is 5.82 Å². The molecule has 0 amide bonds. The maximum Gasteiger partial charge on any atom is 0.113 e. The third kappa shape index (κ3) is 1.41. The van der Waals surface area contributed by atoms with Crippen LogP contribution in [0.15, 0.2) is 6.20 Å². The molecule has 0 aromatic carbocycles. The molecule has 1 aromatic rings. The first-order valence-electron chi connectivity index (χ1n) is 6.08. The minimum atomic E-state index is 0.0918. The van der Waals surface area contributed by atoms with Crippen LogP contribution in [0.1, 0.15) is 50.0 Å². The van der Waals surface area contributed by atoms with Gasteiger partial charge in [-0.1, -0.05) is 6.92 Å². The molecule has 3 nitrogen and oxygen atoms in total. The fourth-order valence-corrected chi connectivity index (χ4v) is 2.75. The zero-order chi connectivity index (χ0) is 10.5. The fraction of sp³-hybridized carbons (Fsp3) is 0.750. The molecule has 1 atom stereocenters. The van der Waals surface area contributed by atoms with Crippen molar-refractivity contribution in [3.63, 3.8) is 0 Å². The molecule has 0 saturated heterocycles. The van der Waals surface area contributed by atoms with Gasteiger partial charge >= 0.3 is 0 Å². The second-order valence-corrected chi connectivity index (χ2v) is 5.07. The van der Waals surface area contributed by atoms with E-state index < -0.39 is 0 Å². The molecule has 1 unspecified atom stereocenters. The van der Waals surface area contributed by atoms with Crippen molar-refractivity contribution in [2.45, 2.75) is 57.0 Å². The van der Waals surface area contributed by atoms with Gasteiger partial charge in [0.25, 0.3) is 0 Å². The highest BCUT2D eigenvalue weighted by Gasteiger charge is 2.48. The number of imidazole rings is 1. The Kier molecular flexibility index (Phi) is 1.93. The number of nitrogens with zero attached hydrogens (tertiary/aromatic N) is 2. The topological polar surface area (TPSA) is 43.8 Å². The van der Waals surface area contributed by atoms with Crippen LogP contribution in [-0.2, 0) is 13.0 Å². The van der Waals surface area contributed by atoms with Crippen molar-refractivity contribution in [3.8, 4) is 0 Å². The molecular formula is C12H19N3. The summed E-state index contributed by atoms with van der Waals surface area (Å²) in [5, 5.41) is 0. The number of hydrogen-bond donors (Lipinski definition) is 1. The summed E-state index contributed by atoms with van der Waals surface area (Å²) in [7, 11) is 0. The zero-order valence-corrected chi connectivity index (χ0v) is 9.37. The van der Waals surface area contributed by atoms with E-state index in [-0.39, 0.29) is 5.54 Å². The van der Waals surface area contributed by atoms with E-state index in [2.05, 4.69) is 17.7 Å². The van der Waals surface area contributed by atoms with Gasteiger partial charge in [0, 0.05) is 24.2 Å². The molecule has 15 heavy (non-hydrogen) atoms. The average molecular weight is 205 g/mol. The van der Waals surface area contributed by atoms with Crippen LogP contribution < -0.4 is 5.73 Å². The Morgan fingerprint density at radius 3 is 3.07 bits per heavy atom. The normalized spacial score (nSPS) is 27.5. The highest BCUT2D eigenvalue weighted by molar-refractivity contribution is 5.21. The monoisotopic (exact) mass is 205 g/mol. The van der Waals surface area contributed by atoms with Crippen LogP contribution in [0.3, 0.4) is 0 Å². The lowest BCUT2D eigenvalue weighted by atomic mass is 9.89. The van der Waals surface area contributed by atoms with Crippen LogP contribution >= 0.6 is 0 Å². The summed E-state index contributed by atoms with van der Waals surface area (Å²) in [6.07, 6.45) is 8.11. The predicted molar refractivity (Wildman–Crippen MR) is 59.7 cm³/mol. The molecule has 1 aromatic heterocycles. The van der Waals surface area contributed by atoms with Crippen molar-refractivity contribution in [1.29, 1.82) is 0 Å². The van der Waals surface area contributed by atoms with Crippen LogP contribution in [0, 0.1) is 0 Å². The molecule has 1 saturated carbocycles. The Morgan fingerprint density at radius 1 is 1.60 bits per heavy atom. The molecule has 1 fully saturated rings. The Labute approximate surface area is 90.7 Å². The first-order chi connectivity index (χ1) is 7.23. The fourth-order valence-electron chi connectivity index (χ4n) is 2.75. The van der Waals surface area contributed by atoms with E-state index in [9.17, 15) is 0 Å². The quantitative estimate of drug-likeness (QED) is 0.800. The lowest BCUT2D eigenvalue weighted by Crippen LogP contribution is -2.34. The van der Waals surface area contributed by atoms with E-state index in [1.807, 2.05) is 0 Å². The zero-order valence-electron chi connectivity index (χ0n) is 9.37. The smallest absolute Gasteiger partial charge is 0.113 e. The molecule has 2 N–H and O–H groups in total. The van der Waals surface area contributed by atoms with E-state index in [1.54, 1.807) is 0 Å². The first-order valence-corrected chi connectivity index (χ1v) is 6.08. The second kappa shape index (κ2) is 3.08. The third-order valence-electron chi connectivity index (χ3n) is 3.94. The van der Waals surface area contributed by atoms with Gasteiger partial charge in [-0.25, -0.2) is 4.98 Å². The Bertz CT molecular complexity index is 376. The number of aromatic nitrogens is 2. The first kappa shape index (κ1) is 9.40. The maximum absolute atomic E-state index is 6.33. The van der Waals surface area contributed by atoms with Gasteiger partial charge in [0.05, 0.1) is 5.69 Å². The molecule has 0 spiro atoms. The highest BCUT2D eigenvalue weighted by Crippen LogP contribution is 2.48. The Hall–Kier alpha value is -0.830. The number of hydrogen-bond acceptors (Lipinski definition) is 2. The van der Waals surface area contributed by atoms with Gasteiger partial charge in [0.15, 0.2) is 0 Å². The SMILES string of the molecule is CCc1cn2c(n1)C(C1(N)CC1)CCC2. The van der Waals surface area contributed by atoms with Crippen LogP contribution in [0.4, 0.5) is 0 Å². The second-order valence-electron chi connectivity index (χ2n) is 5.07. The summed E-state index contributed by atoms with van der Waals surface area (Å²) in [4.78, 5) is 4.74. The van der Waals surface area contributed by atoms with Gasteiger partial charge in [-0.3, -0.25) is 0 Å². The predicted octanol–water partition coefficient (Wildman–Crippen LogP) is 1.81. The summed E-state index contributed by atoms with van der Waals surface area (Å²) in [6, 6.07) is 0. The van der Waals surface area contributed by atoms with E-state index in [4.69, 9.17) is 10.7 Å². The summed E-state index contributed by atoms with van der Waals surface area (Å²) >= 11 is 0. The van der Waals surface area contributed by atoms with Crippen molar-refractivity contribution in [2.24, 2.45) is 5.73 Å². The van der Waals surface area contributed by atoms with Crippen LogP contribution in [0.25, 0.3) is 0 Å². The molecule has 2 aliphatic rings. The average Bonchev–Trinajstić information content (AvgIpc) is 2.85. The van der Waals surface area contributed by atoms with Crippen molar-refractivity contribution in [1.82, 2.24) is 9.55 Å². The Morgan fingerprint density at radius 2 is 2.40 bits per heavy atom. The van der Waals surface area contributed by atoms with Gasteiger partial charge in [-0.2, -0.15) is 0 Å². The van der Waals surface area contributed by atoms with E-state index in [0.29, 0.717) is 5.92 Å². The van der Waals surface area contributed by atoms with E-state index in [1.165, 1.54) is 37.2 Å². The lowest BCUT2D eigenvalue weighted by Gasteiger charge is -2.28. The maximum atomic E-state index is 6.33. The summed E-state index contributed by atoms with van der Waals surface area (Å²) in [6.45, 7) is 3.30. The highest BCUT2D eigenvalue weighted by atomic mass is 15.1. The number of fused-ring (bicyclic) bond motifs is 1. The number of aryl methyl sites for hydroxylation is 2. The molecule has 3 rings (SSSR count). The van der Waals surface area contributed by atoms with Crippen LogP contribution in [0.5, 0.6) is 0 Å². The van der Waals surface area contributed by atoms with Gasteiger partial charge < -0.3 is 10.3 Å². The van der Waals surface area contributed by atoms with Crippen LogP contribution in [-0.4, -0.2) is 15.1 Å². The molecule has 0 bridgehead atoms. The molecular weight excluding hydrogens is 186 g/mol. The lowest BCUT2D eigenvalue weighted by molar-refractivity contribution is 0.379. The van der Waals surface area contributed by atoms with Crippen molar-refractivity contribution in [2.75, 3.05) is 0 Å².